The number of ether oxygens (including phenoxy) is 6. The molecule has 1 fully saturated rings. The Morgan fingerprint density at radius 1 is 0.667 bits per heavy atom. The molecule has 3 aromatic carbocycles. The molecule has 1 heterocycles. The highest BCUT2D eigenvalue weighted by Gasteiger charge is 2.50. The van der Waals surface area contributed by atoms with Crippen LogP contribution in [0, 0.1) is 0 Å². The summed E-state index contributed by atoms with van der Waals surface area (Å²) in [5, 5.41) is 0. The van der Waals surface area contributed by atoms with Crippen LogP contribution in [0.5, 0.6) is 28.7 Å². The summed E-state index contributed by atoms with van der Waals surface area (Å²) < 4.78 is 33.5. The summed E-state index contributed by atoms with van der Waals surface area (Å²) in [6.07, 6.45) is 2.10. The number of benzene rings is 3. The average Bonchev–Trinajstić information content (AvgIpc) is 3.68. The summed E-state index contributed by atoms with van der Waals surface area (Å²) in [4.78, 5) is 0. The Morgan fingerprint density at radius 3 is 1.55 bits per heavy atom. The van der Waals surface area contributed by atoms with Gasteiger partial charge in [0, 0.05) is 12.1 Å². The van der Waals surface area contributed by atoms with Gasteiger partial charge in [0.1, 0.15) is 34.3 Å². The van der Waals surface area contributed by atoms with Crippen molar-refractivity contribution in [3.8, 4) is 28.7 Å². The quantitative estimate of drug-likeness (QED) is 0.331. The average molecular weight is 449 g/mol. The SMILES string of the molecule is COc1ccc(C(=Cc2cc(OC)cc(OC)c2)C2(c3cc(OC)cc(OC)c3)CO2)cc1. The van der Waals surface area contributed by atoms with Crippen LogP contribution in [0.2, 0.25) is 0 Å². The molecule has 0 amide bonds. The predicted octanol–water partition coefficient (Wildman–Crippen LogP) is 5.20. The fourth-order valence-corrected chi connectivity index (χ4v) is 3.87. The van der Waals surface area contributed by atoms with E-state index in [1.165, 1.54) is 0 Å². The topological polar surface area (TPSA) is 58.7 Å². The smallest absolute Gasteiger partial charge is 0.142 e. The number of hydrogen-bond acceptors (Lipinski definition) is 6. The van der Waals surface area contributed by atoms with Gasteiger partial charge in [-0.3, -0.25) is 0 Å². The fourth-order valence-electron chi connectivity index (χ4n) is 3.87. The molecule has 1 atom stereocenters. The lowest BCUT2D eigenvalue weighted by Crippen LogP contribution is -2.12. The number of epoxide rings is 1. The van der Waals surface area contributed by atoms with Crippen molar-refractivity contribution < 1.29 is 28.4 Å². The van der Waals surface area contributed by atoms with Crippen LogP contribution in [0.4, 0.5) is 0 Å². The van der Waals surface area contributed by atoms with Gasteiger partial charge in [0.15, 0.2) is 0 Å². The molecule has 0 radical (unpaired) electrons. The van der Waals surface area contributed by atoms with E-state index >= 15 is 0 Å². The van der Waals surface area contributed by atoms with Crippen molar-refractivity contribution in [2.75, 3.05) is 42.2 Å². The van der Waals surface area contributed by atoms with Gasteiger partial charge in [0.25, 0.3) is 0 Å². The van der Waals surface area contributed by atoms with Gasteiger partial charge in [-0.25, -0.2) is 0 Å². The maximum atomic E-state index is 6.17. The Morgan fingerprint density at radius 2 is 1.12 bits per heavy atom. The molecule has 33 heavy (non-hydrogen) atoms. The minimum atomic E-state index is -0.646. The molecule has 0 bridgehead atoms. The van der Waals surface area contributed by atoms with Crippen LogP contribution in [-0.2, 0) is 10.3 Å². The molecular weight excluding hydrogens is 420 g/mol. The molecule has 6 nitrogen and oxygen atoms in total. The highest BCUT2D eigenvalue weighted by Crippen LogP contribution is 2.52. The van der Waals surface area contributed by atoms with E-state index < -0.39 is 5.60 Å². The van der Waals surface area contributed by atoms with E-state index in [0.29, 0.717) is 29.6 Å². The predicted molar refractivity (Wildman–Crippen MR) is 128 cm³/mol. The molecular formula is C27H28O6. The lowest BCUT2D eigenvalue weighted by Gasteiger charge is -2.20. The summed E-state index contributed by atoms with van der Waals surface area (Å²) in [6, 6.07) is 19.5. The lowest BCUT2D eigenvalue weighted by atomic mass is 9.85. The van der Waals surface area contributed by atoms with Crippen molar-refractivity contribution in [2.24, 2.45) is 0 Å². The van der Waals surface area contributed by atoms with Gasteiger partial charge in [-0.2, -0.15) is 0 Å². The normalized spacial score (nSPS) is 17.3. The maximum absolute atomic E-state index is 6.17. The van der Waals surface area contributed by atoms with Gasteiger partial charge in [0.2, 0.25) is 0 Å². The number of hydrogen-bond donors (Lipinski definition) is 0. The Kier molecular flexibility index (Phi) is 6.47. The van der Waals surface area contributed by atoms with E-state index in [4.69, 9.17) is 28.4 Å². The van der Waals surface area contributed by atoms with Crippen molar-refractivity contribution in [3.05, 3.63) is 77.4 Å². The molecule has 1 aliphatic heterocycles. The number of rotatable bonds is 9. The van der Waals surface area contributed by atoms with E-state index in [1.807, 2.05) is 60.7 Å². The van der Waals surface area contributed by atoms with Gasteiger partial charge in [0.05, 0.1) is 42.2 Å². The molecule has 0 spiro atoms. The van der Waals surface area contributed by atoms with Crippen molar-refractivity contribution in [3.63, 3.8) is 0 Å². The standard InChI is InChI=1S/C27H28O6/c1-28-21-8-6-19(7-9-21)26(12-18-10-22(29-2)15-23(11-18)30-3)27(17-33-27)20-13-24(31-4)16-25(14-20)32-5/h6-16H,17H2,1-5H3. The van der Waals surface area contributed by atoms with Gasteiger partial charge in [-0.05, 0) is 64.7 Å². The Labute approximate surface area is 194 Å². The molecule has 172 valence electrons. The molecule has 4 rings (SSSR count). The van der Waals surface area contributed by atoms with E-state index in [0.717, 1.165) is 28.0 Å². The summed E-state index contributed by atoms with van der Waals surface area (Å²) in [6.45, 7) is 0.530. The fraction of sp³-hybridized carbons (Fsp3) is 0.259. The van der Waals surface area contributed by atoms with Crippen molar-refractivity contribution in [2.45, 2.75) is 5.60 Å². The van der Waals surface area contributed by atoms with E-state index in [9.17, 15) is 0 Å². The largest absolute Gasteiger partial charge is 0.497 e. The van der Waals surface area contributed by atoms with Crippen LogP contribution in [-0.4, -0.2) is 42.2 Å². The second-order valence-electron chi connectivity index (χ2n) is 7.65. The van der Waals surface area contributed by atoms with Crippen LogP contribution in [0.1, 0.15) is 16.7 Å². The first-order valence-electron chi connectivity index (χ1n) is 10.5. The van der Waals surface area contributed by atoms with Gasteiger partial charge in [-0.1, -0.05) is 12.1 Å². The first-order chi connectivity index (χ1) is 16.0. The summed E-state index contributed by atoms with van der Waals surface area (Å²) >= 11 is 0. The molecule has 1 unspecified atom stereocenters. The molecule has 1 aliphatic rings. The molecule has 0 N–H and O–H groups in total. The summed E-state index contributed by atoms with van der Waals surface area (Å²) in [5.74, 6) is 3.62. The molecule has 6 heteroatoms. The highest BCUT2D eigenvalue weighted by molar-refractivity contribution is 5.89. The lowest BCUT2D eigenvalue weighted by molar-refractivity contribution is 0.359. The Bertz CT molecular complexity index is 1100. The molecule has 0 aromatic heterocycles. The Hall–Kier alpha value is -3.64. The van der Waals surface area contributed by atoms with Crippen molar-refractivity contribution in [1.29, 1.82) is 0 Å². The second-order valence-corrected chi connectivity index (χ2v) is 7.65. The van der Waals surface area contributed by atoms with Crippen molar-refractivity contribution >= 4 is 11.6 Å². The minimum absolute atomic E-state index is 0.530. The zero-order valence-corrected chi connectivity index (χ0v) is 19.5. The zero-order chi connectivity index (χ0) is 23.4. The monoisotopic (exact) mass is 448 g/mol. The first-order valence-corrected chi connectivity index (χ1v) is 10.5. The van der Waals surface area contributed by atoms with Gasteiger partial charge >= 0.3 is 0 Å². The summed E-state index contributed by atoms with van der Waals surface area (Å²) in [7, 11) is 8.22. The van der Waals surface area contributed by atoms with Crippen molar-refractivity contribution in [1.82, 2.24) is 0 Å². The minimum Gasteiger partial charge on any atom is -0.497 e. The van der Waals surface area contributed by atoms with E-state index in [2.05, 4.69) is 6.08 Å². The summed E-state index contributed by atoms with van der Waals surface area (Å²) in [5.41, 5.74) is 3.25. The zero-order valence-electron chi connectivity index (χ0n) is 19.5. The van der Waals surface area contributed by atoms with Crippen LogP contribution in [0.15, 0.2) is 60.7 Å². The molecule has 0 aliphatic carbocycles. The first kappa shape index (κ1) is 22.6. The highest BCUT2D eigenvalue weighted by atomic mass is 16.6. The second kappa shape index (κ2) is 9.46. The molecule has 0 saturated carbocycles. The third kappa shape index (κ3) is 4.61. The molecule has 1 saturated heterocycles. The third-order valence-electron chi connectivity index (χ3n) is 5.77. The number of methoxy groups -OCH3 is 5. The van der Waals surface area contributed by atoms with E-state index in [1.54, 1.807) is 35.5 Å². The van der Waals surface area contributed by atoms with Crippen LogP contribution >= 0.6 is 0 Å². The van der Waals surface area contributed by atoms with Crippen LogP contribution < -0.4 is 23.7 Å². The van der Waals surface area contributed by atoms with E-state index in [-0.39, 0.29) is 0 Å². The van der Waals surface area contributed by atoms with Crippen LogP contribution in [0.25, 0.3) is 11.6 Å². The maximum Gasteiger partial charge on any atom is 0.142 e. The third-order valence-corrected chi connectivity index (χ3v) is 5.77. The van der Waals surface area contributed by atoms with Gasteiger partial charge < -0.3 is 28.4 Å². The Balaban J connectivity index is 1.89. The van der Waals surface area contributed by atoms with Crippen LogP contribution in [0.3, 0.4) is 0 Å². The molecule has 3 aromatic rings. The van der Waals surface area contributed by atoms with Gasteiger partial charge in [-0.15, -0.1) is 0 Å².